The van der Waals surface area contributed by atoms with Gasteiger partial charge in [0.25, 0.3) is 11.8 Å². The lowest BCUT2D eigenvalue weighted by Crippen LogP contribution is -2.49. The Labute approximate surface area is 236 Å². The molecule has 6 nitrogen and oxygen atoms in total. The standard InChI is InChI=1S/C31H44F3N3O3/c1-6-13-37(14-7-2)30(40)25-16-22(5)15-24(19-25)29(39)36-27(28(38)20-35-12-11-21(3)4)18-23-9-8-10-26(17-23)31(32,33)34/h8-10,15-17,19,21,27-28,35,38H,6-7,11-14,18,20H2,1-5H3,(H,36,39)/t27-,28+/m0/s1. The molecule has 0 fully saturated rings. The van der Waals surface area contributed by atoms with Crippen molar-refractivity contribution >= 4 is 11.8 Å². The Morgan fingerprint density at radius 3 is 2.25 bits per heavy atom. The van der Waals surface area contributed by atoms with Crippen molar-refractivity contribution in [1.29, 1.82) is 0 Å². The van der Waals surface area contributed by atoms with E-state index in [2.05, 4.69) is 24.5 Å². The van der Waals surface area contributed by atoms with Crippen LogP contribution in [0.4, 0.5) is 13.2 Å². The van der Waals surface area contributed by atoms with Crippen LogP contribution in [0.1, 0.15) is 84.4 Å². The van der Waals surface area contributed by atoms with E-state index >= 15 is 0 Å². The maximum absolute atomic E-state index is 13.4. The number of nitrogens with zero attached hydrogens (tertiary/aromatic N) is 1. The normalized spacial score (nSPS) is 13.2. The quantitative estimate of drug-likeness (QED) is 0.246. The predicted octanol–water partition coefficient (Wildman–Crippen LogP) is 5.61. The molecule has 0 heterocycles. The van der Waals surface area contributed by atoms with Crippen molar-refractivity contribution in [2.75, 3.05) is 26.2 Å². The van der Waals surface area contributed by atoms with Gasteiger partial charge in [0.05, 0.1) is 17.7 Å². The maximum Gasteiger partial charge on any atom is 0.416 e. The molecule has 0 aliphatic rings. The first-order valence-corrected chi connectivity index (χ1v) is 14.1. The summed E-state index contributed by atoms with van der Waals surface area (Å²) in [5.74, 6) is -0.195. The third-order valence-electron chi connectivity index (χ3n) is 6.60. The van der Waals surface area contributed by atoms with Crippen LogP contribution in [-0.4, -0.2) is 60.1 Å². The van der Waals surface area contributed by atoms with Gasteiger partial charge in [-0.25, -0.2) is 0 Å². The van der Waals surface area contributed by atoms with E-state index in [9.17, 15) is 27.9 Å². The van der Waals surface area contributed by atoms with Crippen LogP contribution < -0.4 is 10.6 Å². The molecule has 0 saturated heterocycles. The summed E-state index contributed by atoms with van der Waals surface area (Å²) in [6, 6.07) is 8.98. The number of rotatable bonds is 15. The third kappa shape index (κ3) is 10.6. The Morgan fingerprint density at radius 2 is 1.65 bits per heavy atom. The highest BCUT2D eigenvalue weighted by Gasteiger charge is 2.31. The summed E-state index contributed by atoms with van der Waals surface area (Å²) >= 11 is 0. The lowest BCUT2D eigenvalue weighted by molar-refractivity contribution is -0.137. The number of hydrogen-bond donors (Lipinski definition) is 3. The number of aliphatic hydroxyl groups excluding tert-OH is 1. The molecule has 0 aromatic heterocycles. The molecule has 0 aliphatic heterocycles. The maximum atomic E-state index is 13.4. The van der Waals surface area contributed by atoms with Crippen LogP contribution >= 0.6 is 0 Å². The molecule has 0 spiro atoms. The smallest absolute Gasteiger partial charge is 0.390 e. The number of amides is 2. The van der Waals surface area contributed by atoms with Crippen LogP contribution in [0.3, 0.4) is 0 Å². The van der Waals surface area contributed by atoms with Crippen molar-refractivity contribution in [3.8, 4) is 0 Å². The molecular formula is C31H44F3N3O3. The molecular weight excluding hydrogens is 519 g/mol. The van der Waals surface area contributed by atoms with E-state index in [1.54, 1.807) is 30.0 Å². The number of nitrogens with one attached hydrogen (secondary N) is 2. The van der Waals surface area contributed by atoms with Gasteiger partial charge in [-0.15, -0.1) is 0 Å². The van der Waals surface area contributed by atoms with Crippen molar-refractivity contribution in [2.45, 2.75) is 78.6 Å². The Hall–Kier alpha value is -2.91. The first-order valence-electron chi connectivity index (χ1n) is 14.1. The molecule has 2 amide bonds. The van der Waals surface area contributed by atoms with Crippen molar-refractivity contribution < 1.29 is 27.9 Å². The first kappa shape index (κ1) is 33.3. The van der Waals surface area contributed by atoms with Gasteiger partial charge in [-0.2, -0.15) is 13.2 Å². The number of aryl methyl sites for hydroxylation is 1. The number of carbonyl (C=O) groups is 2. The summed E-state index contributed by atoms with van der Waals surface area (Å²) < 4.78 is 39.9. The summed E-state index contributed by atoms with van der Waals surface area (Å²) in [7, 11) is 0. The van der Waals surface area contributed by atoms with Crippen molar-refractivity contribution in [2.24, 2.45) is 5.92 Å². The van der Waals surface area contributed by atoms with E-state index in [1.807, 2.05) is 13.8 Å². The second kappa shape index (κ2) is 15.8. The van der Waals surface area contributed by atoms with Crippen LogP contribution in [0.5, 0.6) is 0 Å². The lowest BCUT2D eigenvalue weighted by atomic mass is 9.98. The highest BCUT2D eigenvalue weighted by atomic mass is 19.4. The Kier molecular flexibility index (Phi) is 13.1. The fourth-order valence-corrected chi connectivity index (χ4v) is 4.52. The second-order valence-corrected chi connectivity index (χ2v) is 10.8. The van der Waals surface area contributed by atoms with Crippen LogP contribution in [0.25, 0.3) is 0 Å². The number of benzene rings is 2. The zero-order valence-electron chi connectivity index (χ0n) is 24.3. The summed E-state index contributed by atoms with van der Waals surface area (Å²) in [6.07, 6.45) is -3.04. The van der Waals surface area contributed by atoms with Crippen molar-refractivity contribution in [3.63, 3.8) is 0 Å². The summed E-state index contributed by atoms with van der Waals surface area (Å²) in [6.45, 7) is 12.0. The Balaban J connectivity index is 2.30. The number of hydrogen-bond acceptors (Lipinski definition) is 4. The van der Waals surface area contributed by atoms with Crippen LogP contribution in [0, 0.1) is 12.8 Å². The number of carbonyl (C=O) groups excluding carboxylic acids is 2. The van der Waals surface area contributed by atoms with Gasteiger partial charge in [0.1, 0.15) is 0 Å². The summed E-state index contributed by atoms with van der Waals surface area (Å²) in [5, 5.41) is 17.0. The van der Waals surface area contributed by atoms with Gasteiger partial charge in [-0.1, -0.05) is 45.9 Å². The molecule has 3 N–H and O–H groups in total. The molecule has 9 heteroatoms. The molecule has 0 saturated carbocycles. The van der Waals surface area contributed by atoms with Gasteiger partial charge in [-0.3, -0.25) is 9.59 Å². The van der Waals surface area contributed by atoms with Crippen LogP contribution in [-0.2, 0) is 12.6 Å². The van der Waals surface area contributed by atoms with E-state index in [4.69, 9.17) is 0 Å². The van der Waals surface area contributed by atoms with E-state index < -0.39 is 29.8 Å². The van der Waals surface area contributed by atoms with Gasteiger partial charge in [0, 0.05) is 30.8 Å². The molecule has 2 aromatic rings. The zero-order chi connectivity index (χ0) is 29.9. The zero-order valence-corrected chi connectivity index (χ0v) is 24.3. The largest absolute Gasteiger partial charge is 0.416 e. The molecule has 2 atom stereocenters. The second-order valence-electron chi connectivity index (χ2n) is 10.8. The lowest BCUT2D eigenvalue weighted by Gasteiger charge is -2.26. The fourth-order valence-electron chi connectivity index (χ4n) is 4.52. The van der Waals surface area contributed by atoms with E-state index in [0.29, 0.717) is 36.7 Å². The van der Waals surface area contributed by atoms with Gasteiger partial charge < -0.3 is 20.6 Å². The highest BCUT2D eigenvalue weighted by molar-refractivity contribution is 6.00. The van der Waals surface area contributed by atoms with Crippen LogP contribution in [0.15, 0.2) is 42.5 Å². The summed E-state index contributed by atoms with van der Waals surface area (Å²) in [5.41, 5.74) is 0.943. The molecule has 0 bridgehead atoms. The Morgan fingerprint density at radius 1 is 1.00 bits per heavy atom. The predicted molar refractivity (Wildman–Crippen MR) is 152 cm³/mol. The molecule has 40 heavy (non-hydrogen) atoms. The average molecular weight is 564 g/mol. The van der Waals surface area contributed by atoms with Gasteiger partial charge in [0.2, 0.25) is 0 Å². The third-order valence-corrected chi connectivity index (χ3v) is 6.60. The number of halogens is 3. The average Bonchev–Trinajstić information content (AvgIpc) is 2.89. The monoisotopic (exact) mass is 563 g/mol. The molecule has 2 rings (SSSR count). The number of aliphatic hydroxyl groups is 1. The van der Waals surface area contributed by atoms with E-state index in [1.165, 1.54) is 12.1 Å². The highest BCUT2D eigenvalue weighted by Crippen LogP contribution is 2.30. The molecule has 0 aliphatic carbocycles. The van der Waals surface area contributed by atoms with Gasteiger partial charge >= 0.3 is 6.18 Å². The van der Waals surface area contributed by atoms with Crippen LogP contribution in [0.2, 0.25) is 0 Å². The van der Waals surface area contributed by atoms with Gasteiger partial charge in [-0.05, 0) is 80.5 Å². The van der Waals surface area contributed by atoms with E-state index in [-0.39, 0.29) is 24.4 Å². The topological polar surface area (TPSA) is 81.7 Å². The minimum atomic E-state index is -4.50. The molecule has 0 radical (unpaired) electrons. The molecule has 0 unspecified atom stereocenters. The van der Waals surface area contributed by atoms with Crippen molar-refractivity contribution in [1.82, 2.24) is 15.5 Å². The fraction of sp³-hybridized carbons (Fsp3) is 0.548. The SMILES string of the molecule is CCCN(CCC)C(=O)c1cc(C)cc(C(=O)N[C@@H](Cc2cccc(C(F)(F)F)c2)[C@H](O)CNCCC(C)C)c1. The first-order chi connectivity index (χ1) is 18.8. The minimum Gasteiger partial charge on any atom is -0.390 e. The van der Waals surface area contributed by atoms with Crippen molar-refractivity contribution in [3.05, 3.63) is 70.3 Å². The summed E-state index contributed by atoms with van der Waals surface area (Å²) in [4.78, 5) is 28.3. The Bertz CT molecular complexity index is 1100. The molecule has 222 valence electrons. The van der Waals surface area contributed by atoms with E-state index in [0.717, 1.165) is 37.0 Å². The van der Waals surface area contributed by atoms with Gasteiger partial charge in [0.15, 0.2) is 0 Å². The minimum absolute atomic E-state index is 0.00106. The molecule has 2 aromatic carbocycles. The number of alkyl halides is 3.